The van der Waals surface area contributed by atoms with E-state index in [1.807, 2.05) is 0 Å². The highest BCUT2D eigenvalue weighted by Gasteiger charge is 2.58. The predicted molar refractivity (Wildman–Crippen MR) is 92.9 cm³/mol. The fraction of sp³-hybridized carbons (Fsp3) is 0.810. The minimum Gasteiger partial charge on any atom is -0.393 e. The Bertz CT molecular complexity index is 562. The van der Waals surface area contributed by atoms with Crippen LogP contribution in [0.15, 0.2) is 23.3 Å². The first kappa shape index (κ1) is 15.9. The summed E-state index contributed by atoms with van der Waals surface area (Å²) in [6.07, 6.45) is 11.9. The van der Waals surface area contributed by atoms with Crippen LogP contribution >= 0.6 is 0 Å². The van der Waals surface area contributed by atoms with Crippen molar-refractivity contribution in [3.63, 3.8) is 0 Å². The summed E-state index contributed by atoms with van der Waals surface area (Å²) in [5.74, 6) is 2.09. The van der Waals surface area contributed by atoms with E-state index in [4.69, 9.17) is 0 Å². The minimum absolute atomic E-state index is 0.123. The van der Waals surface area contributed by atoms with Crippen LogP contribution < -0.4 is 0 Å². The zero-order valence-electron chi connectivity index (χ0n) is 14.9. The number of hydrogen-bond acceptors (Lipinski definition) is 2. The van der Waals surface area contributed by atoms with Crippen molar-refractivity contribution in [1.82, 2.24) is 0 Å². The Balaban J connectivity index is 1.70. The highest BCUT2D eigenvalue weighted by Crippen LogP contribution is 2.66. The van der Waals surface area contributed by atoms with Gasteiger partial charge in [-0.05, 0) is 86.0 Å². The summed E-state index contributed by atoms with van der Waals surface area (Å²) in [6, 6.07) is 0. The summed E-state index contributed by atoms with van der Waals surface area (Å²) in [5, 5.41) is 20.7. The fourth-order valence-electron chi connectivity index (χ4n) is 7.03. The SMILES string of the molecule is C/C=C1\C(O)CC2C3CC=C4CC(O)CC[C@]4(C)C3CC[C@]12C. The van der Waals surface area contributed by atoms with E-state index < -0.39 is 0 Å². The highest BCUT2D eigenvalue weighted by molar-refractivity contribution is 5.31. The molecule has 128 valence electrons. The minimum atomic E-state index is -0.222. The molecule has 2 nitrogen and oxygen atoms in total. The Morgan fingerprint density at radius 3 is 2.57 bits per heavy atom. The van der Waals surface area contributed by atoms with Crippen molar-refractivity contribution in [2.24, 2.45) is 28.6 Å². The van der Waals surface area contributed by atoms with E-state index in [1.54, 1.807) is 0 Å². The molecule has 0 radical (unpaired) electrons. The van der Waals surface area contributed by atoms with Crippen molar-refractivity contribution in [3.8, 4) is 0 Å². The van der Waals surface area contributed by atoms with Gasteiger partial charge in [0, 0.05) is 0 Å². The van der Waals surface area contributed by atoms with Crippen molar-refractivity contribution >= 4 is 0 Å². The summed E-state index contributed by atoms with van der Waals surface area (Å²) in [6.45, 7) is 6.97. The Kier molecular flexibility index (Phi) is 3.59. The molecule has 0 aromatic rings. The molecule has 2 N–H and O–H groups in total. The van der Waals surface area contributed by atoms with Gasteiger partial charge in [-0.3, -0.25) is 0 Å². The Labute approximate surface area is 140 Å². The van der Waals surface area contributed by atoms with Gasteiger partial charge in [-0.2, -0.15) is 0 Å². The quantitative estimate of drug-likeness (QED) is 0.657. The number of aliphatic hydroxyl groups excluding tert-OH is 2. The van der Waals surface area contributed by atoms with E-state index >= 15 is 0 Å². The summed E-state index contributed by atoms with van der Waals surface area (Å²) < 4.78 is 0. The van der Waals surface area contributed by atoms with Crippen molar-refractivity contribution in [3.05, 3.63) is 23.3 Å². The lowest BCUT2D eigenvalue weighted by molar-refractivity contribution is -0.0278. The van der Waals surface area contributed by atoms with Gasteiger partial charge in [-0.25, -0.2) is 0 Å². The van der Waals surface area contributed by atoms with Crippen LogP contribution in [-0.4, -0.2) is 22.4 Å². The summed E-state index contributed by atoms with van der Waals surface area (Å²) in [5.41, 5.74) is 3.35. The first-order valence-electron chi connectivity index (χ1n) is 9.62. The lowest BCUT2D eigenvalue weighted by atomic mass is 9.48. The zero-order chi connectivity index (χ0) is 16.4. The molecule has 7 atom stereocenters. The second-order valence-corrected chi connectivity index (χ2v) is 9.11. The molecule has 5 unspecified atom stereocenters. The van der Waals surface area contributed by atoms with Crippen molar-refractivity contribution < 1.29 is 10.2 Å². The standard InChI is InChI=1S/C21H32O2/c1-4-16-19(23)12-18-15-6-5-13-11-14(22)7-9-20(13,2)17(15)8-10-21(16,18)3/h4-5,14-15,17-19,22-23H,6-12H2,1-3H3/b16-4+/t14?,15?,17?,18?,19?,20-,21+/m0/s1. The molecule has 4 rings (SSSR count). The number of fused-ring (bicyclic) bond motifs is 5. The van der Waals surface area contributed by atoms with Crippen molar-refractivity contribution in [2.75, 3.05) is 0 Å². The monoisotopic (exact) mass is 316 g/mol. The van der Waals surface area contributed by atoms with Crippen molar-refractivity contribution in [2.45, 2.75) is 77.9 Å². The maximum Gasteiger partial charge on any atom is 0.0758 e. The number of aliphatic hydroxyl groups is 2. The molecule has 0 amide bonds. The zero-order valence-corrected chi connectivity index (χ0v) is 14.9. The molecular weight excluding hydrogens is 284 g/mol. The average Bonchev–Trinajstić information content (AvgIpc) is 2.77. The Hall–Kier alpha value is -0.600. The van der Waals surface area contributed by atoms with E-state index in [-0.39, 0.29) is 17.6 Å². The second kappa shape index (κ2) is 5.20. The third kappa shape index (κ3) is 2.07. The van der Waals surface area contributed by atoms with Gasteiger partial charge < -0.3 is 10.2 Å². The Morgan fingerprint density at radius 1 is 1.09 bits per heavy atom. The van der Waals surface area contributed by atoms with E-state index in [9.17, 15) is 10.2 Å². The molecule has 0 saturated heterocycles. The van der Waals surface area contributed by atoms with Gasteiger partial charge in [0.25, 0.3) is 0 Å². The predicted octanol–water partition coefficient (Wildman–Crippen LogP) is 4.23. The first-order valence-corrected chi connectivity index (χ1v) is 9.62. The van der Waals surface area contributed by atoms with Crippen LogP contribution in [0.3, 0.4) is 0 Å². The van der Waals surface area contributed by atoms with Crippen LogP contribution in [0.1, 0.15) is 65.7 Å². The lowest BCUT2D eigenvalue weighted by Gasteiger charge is -2.57. The third-order valence-corrected chi connectivity index (χ3v) is 8.27. The van der Waals surface area contributed by atoms with Crippen LogP contribution in [0.25, 0.3) is 0 Å². The molecule has 23 heavy (non-hydrogen) atoms. The van der Waals surface area contributed by atoms with Gasteiger partial charge in [0.15, 0.2) is 0 Å². The van der Waals surface area contributed by atoms with Gasteiger partial charge >= 0.3 is 0 Å². The number of hydrogen-bond donors (Lipinski definition) is 2. The first-order chi connectivity index (χ1) is 10.9. The van der Waals surface area contributed by atoms with Crippen LogP contribution in [0.5, 0.6) is 0 Å². The van der Waals surface area contributed by atoms with Gasteiger partial charge in [-0.15, -0.1) is 0 Å². The van der Waals surface area contributed by atoms with Gasteiger partial charge in [0.05, 0.1) is 12.2 Å². The molecule has 0 bridgehead atoms. The van der Waals surface area contributed by atoms with E-state index in [1.165, 1.54) is 24.0 Å². The molecule has 0 aromatic carbocycles. The largest absolute Gasteiger partial charge is 0.393 e. The average molecular weight is 316 g/mol. The second-order valence-electron chi connectivity index (χ2n) is 9.11. The van der Waals surface area contributed by atoms with Gasteiger partial charge in [0.2, 0.25) is 0 Å². The molecule has 3 saturated carbocycles. The van der Waals surface area contributed by atoms with Crippen LogP contribution in [0.2, 0.25) is 0 Å². The molecular formula is C21H32O2. The summed E-state index contributed by atoms with van der Waals surface area (Å²) in [4.78, 5) is 0. The molecule has 4 aliphatic rings. The van der Waals surface area contributed by atoms with Gasteiger partial charge in [0.1, 0.15) is 0 Å². The number of rotatable bonds is 0. The molecule has 0 aromatic heterocycles. The van der Waals surface area contributed by atoms with E-state index in [0.29, 0.717) is 17.3 Å². The summed E-state index contributed by atoms with van der Waals surface area (Å²) >= 11 is 0. The van der Waals surface area contributed by atoms with Crippen LogP contribution in [-0.2, 0) is 0 Å². The van der Waals surface area contributed by atoms with Gasteiger partial charge in [-0.1, -0.05) is 31.6 Å². The fourth-order valence-corrected chi connectivity index (χ4v) is 7.03. The smallest absolute Gasteiger partial charge is 0.0758 e. The van der Waals surface area contributed by atoms with E-state index in [2.05, 4.69) is 32.9 Å². The maximum absolute atomic E-state index is 10.6. The lowest BCUT2D eigenvalue weighted by Crippen LogP contribution is -2.49. The third-order valence-electron chi connectivity index (χ3n) is 8.27. The molecule has 2 heteroatoms. The van der Waals surface area contributed by atoms with E-state index in [0.717, 1.165) is 38.0 Å². The van der Waals surface area contributed by atoms with Crippen LogP contribution in [0.4, 0.5) is 0 Å². The molecule has 0 heterocycles. The van der Waals surface area contributed by atoms with Crippen molar-refractivity contribution in [1.29, 1.82) is 0 Å². The molecule has 4 aliphatic carbocycles. The number of allylic oxidation sites excluding steroid dienone is 2. The molecule has 3 fully saturated rings. The normalized spacial score (nSPS) is 54.2. The Morgan fingerprint density at radius 2 is 1.83 bits per heavy atom. The maximum atomic E-state index is 10.6. The highest BCUT2D eigenvalue weighted by atomic mass is 16.3. The molecule has 0 aliphatic heterocycles. The summed E-state index contributed by atoms with van der Waals surface area (Å²) in [7, 11) is 0. The topological polar surface area (TPSA) is 40.5 Å². The van der Waals surface area contributed by atoms with Crippen LogP contribution in [0, 0.1) is 28.6 Å². The molecule has 0 spiro atoms.